The molecule has 93 valence electrons. The zero-order valence-corrected chi connectivity index (χ0v) is 13.3. The molecule has 16 heavy (non-hydrogen) atoms. The molecule has 0 aromatic carbocycles. The van der Waals surface area contributed by atoms with Crippen LogP contribution in [-0.4, -0.2) is 12.9 Å². The van der Waals surface area contributed by atoms with Crippen LogP contribution in [0.15, 0.2) is 12.2 Å². The van der Waals surface area contributed by atoms with E-state index in [1.807, 2.05) is 20.8 Å². The average Bonchev–Trinajstić information content (AvgIpc) is 2.07. The van der Waals surface area contributed by atoms with Gasteiger partial charge in [0.05, 0.1) is 0 Å². The molecule has 0 amide bonds. The van der Waals surface area contributed by atoms with Gasteiger partial charge in [-0.1, -0.05) is 20.4 Å². The number of ether oxygens (including phenoxy) is 1. The molecule has 0 spiro atoms. The van der Waals surface area contributed by atoms with Crippen LogP contribution in [0.5, 0.6) is 0 Å². The summed E-state index contributed by atoms with van der Waals surface area (Å²) in [6.07, 6.45) is 4.23. The van der Waals surface area contributed by atoms with Gasteiger partial charge in [-0.05, 0) is 34.0 Å². The largest absolute Gasteiger partial charge is 0.557 e. The summed E-state index contributed by atoms with van der Waals surface area (Å²) in [6.45, 7) is 7.24. The number of methoxy groups -OCH3 is 1. The molecule has 0 aliphatic rings. The van der Waals surface area contributed by atoms with Gasteiger partial charge in [-0.2, -0.15) is 0 Å². The van der Waals surface area contributed by atoms with Gasteiger partial charge in [0, 0.05) is 39.1 Å². The maximum absolute atomic E-state index is 9.96. The molecule has 0 aliphatic heterocycles. The van der Waals surface area contributed by atoms with E-state index in [4.69, 9.17) is 0 Å². The smallest absolute Gasteiger partial charge is 0.152 e. The number of rotatable bonds is 1. The molecule has 0 aromatic rings. The van der Waals surface area contributed by atoms with Crippen molar-refractivity contribution in [3.05, 3.63) is 19.3 Å². The summed E-state index contributed by atoms with van der Waals surface area (Å²) in [4.78, 5) is 9.96. The van der Waals surface area contributed by atoms with Crippen molar-refractivity contribution in [2.75, 3.05) is 7.11 Å². The van der Waals surface area contributed by atoms with Crippen molar-refractivity contribution in [1.29, 1.82) is 0 Å². The van der Waals surface area contributed by atoms with E-state index in [2.05, 4.69) is 23.7 Å². The van der Waals surface area contributed by atoms with Crippen LogP contribution in [0.3, 0.4) is 0 Å². The van der Waals surface area contributed by atoms with Gasteiger partial charge in [0.2, 0.25) is 0 Å². The molecule has 0 saturated carbocycles. The molecule has 0 saturated heterocycles. The zero-order valence-electron chi connectivity index (χ0n) is 10.5. The van der Waals surface area contributed by atoms with Crippen molar-refractivity contribution in [3.8, 4) is 11.8 Å². The van der Waals surface area contributed by atoms with Crippen molar-refractivity contribution in [2.45, 2.75) is 41.5 Å². The summed E-state index contributed by atoms with van der Waals surface area (Å²) >= 11 is 0. The molecule has 0 aromatic heterocycles. The number of hydrogen-bond donors (Lipinski definition) is 0. The number of hydrogen-bond acceptors (Lipinski definition) is 2. The minimum Gasteiger partial charge on any atom is -0.557 e. The third kappa shape index (κ3) is 94.1. The van der Waals surface area contributed by atoms with Gasteiger partial charge in [-0.25, -0.2) is 7.11 Å². The number of ketones is 1. The molecule has 3 heteroatoms. The second-order valence-corrected chi connectivity index (χ2v) is 2.18. The van der Waals surface area contributed by atoms with Crippen LogP contribution in [-0.2, 0) is 42.2 Å². The van der Waals surface area contributed by atoms with Crippen molar-refractivity contribution >= 4 is 5.78 Å². The number of carbonyl (C=O) groups excluding carboxylic acids is 1. The van der Waals surface area contributed by atoms with Gasteiger partial charge in [0.25, 0.3) is 0 Å². The van der Waals surface area contributed by atoms with Crippen LogP contribution in [0.25, 0.3) is 0 Å². The maximum Gasteiger partial charge on any atom is 0.152 e. The van der Waals surface area contributed by atoms with E-state index in [0.29, 0.717) is 0 Å². The summed E-state index contributed by atoms with van der Waals surface area (Å²) in [6, 6.07) is 0. The number of carbonyl (C=O) groups is 1. The monoisotopic (exact) mass is 302 g/mol. The van der Waals surface area contributed by atoms with Gasteiger partial charge in [0.15, 0.2) is 5.78 Å². The van der Waals surface area contributed by atoms with E-state index in [1.165, 1.54) is 20.1 Å². The van der Waals surface area contributed by atoms with Crippen LogP contribution in [0.1, 0.15) is 41.5 Å². The Labute approximate surface area is 127 Å². The minimum absolute atomic E-state index is 0. The standard InChI is InChI=1S/C5H8O.C5H8.C2H5O.CH4.Y/c1-3-4-5(2)6;1-3-5-4-2;1-3-2;;/h3-4H,1-2H3;3H2,1-2H3;1H2,2H3;1H4;/q;;-1;;/b4-3+;;;;. The Balaban J connectivity index is -0.0000000373. The molecule has 0 bridgehead atoms. The molecule has 0 atom stereocenters. The summed E-state index contributed by atoms with van der Waals surface area (Å²) < 4.78 is 4.00. The fraction of sp³-hybridized carbons (Fsp3) is 0.538. The number of allylic oxidation sites excluding steroid dienone is 2. The fourth-order valence-corrected chi connectivity index (χ4v) is 0.411. The van der Waals surface area contributed by atoms with E-state index < -0.39 is 0 Å². The van der Waals surface area contributed by atoms with Crippen molar-refractivity contribution in [3.63, 3.8) is 0 Å². The zero-order chi connectivity index (χ0) is 11.8. The second-order valence-electron chi connectivity index (χ2n) is 2.18. The molecular weight excluding hydrogens is 277 g/mol. The first-order valence-electron chi connectivity index (χ1n) is 4.41. The average molecular weight is 302 g/mol. The minimum atomic E-state index is 0. The molecule has 0 rings (SSSR count). The normalized spacial score (nSPS) is 6.38. The summed E-state index contributed by atoms with van der Waals surface area (Å²) in [5, 5.41) is 0. The Hall–Kier alpha value is 0.0339. The molecule has 0 aliphatic carbocycles. The van der Waals surface area contributed by atoms with Crippen LogP contribution in [0.2, 0.25) is 0 Å². The van der Waals surface area contributed by atoms with E-state index >= 15 is 0 Å². The Bertz CT molecular complexity index is 188. The Morgan fingerprint density at radius 3 is 1.88 bits per heavy atom. The second kappa shape index (κ2) is 36.3. The molecular formula is C13H25O2Y-. The van der Waals surface area contributed by atoms with E-state index in [0.717, 1.165) is 6.42 Å². The SMILES string of the molecule is C.C/C=C/C(C)=O.CC#CCC.[CH2-]OC.[Y]. The molecule has 0 unspecified atom stereocenters. The van der Waals surface area contributed by atoms with E-state index in [1.54, 1.807) is 6.08 Å². The topological polar surface area (TPSA) is 26.3 Å². The molecule has 0 N–H and O–H groups in total. The van der Waals surface area contributed by atoms with Crippen LogP contribution >= 0.6 is 0 Å². The van der Waals surface area contributed by atoms with Gasteiger partial charge < -0.3 is 4.74 Å². The first-order chi connectivity index (χ1) is 6.60. The predicted molar refractivity (Wildman–Crippen MR) is 68.3 cm³/mol. The molecule has 1 radical (unpaired) electrons. The quantitative estimate of drug-likeness (QED) is 0.420. The van der Waals surface area contributed by atoms with Crippen molar-refractivity contribution in [2.24, 2.45) is 0 Å². The molecule has 0 heterocycles. The summed E-state index contributed by atoms with van der Waals surface area (Å²) in [5.74, 6) is 5.74. The maximum atomic E-state index is 9.96. The first-order valence-corrected chi connectivity index (χ1v) is 4.41. The van der Waals surface area contributed by atoms with Crippen LogP contribution in [0.4, 0.5) is 0 Å². The third-order valence-electron chi connectivity index (χ3n) is 0.755. The fourth-order valence-electron chi connectivity index (χ4n) is 0.411. The third-order valence-corrected chi connectivity index (χ3v) is 0.755. The van der Waals surface area contributed by atoms with Gasteiger partial charge in [0.1, 0.15) is 0 Å². The Morgan fingerprint density at radius 1 is 1.50 bits per heavy atom. The predicted octanol–water partition coefficient (Wildman–Crippen LogP) is 3.63. The molecule has 0 fully saturated rings. The van der Waals surface area contributed by atoms with E-state index in [-0.39, 0.29) is 45.9 Å². The Kier molecular flexibility index (Phi) is 67.5. The van der Waals surface area contributed by atoms with Gasteiger partial charge in [-0.3, -0.25) is 4.79 Å². The van der Waals surface area contributed by atoms with Crippen LogP contribution < -0.4 is 0 Å². The summed E-state index contributed by atoms with van der Waals surface area (Å²) in [5.41, 5.74) is 0. The van der Waals surface area contributed by atoms with E-state index in [9.17, 15) is 4.79 Å². The van der Waals surface area contributed by atoms with Crippen molar-refractivity contribution < 1.29 is 42.2 Å². The van der Waals surface area contributed by atoms with Crippen LogP contribution in [0, 0.1) is 19.0 Å². The van der Waals surface area contributed by atoms with Gasteiger partial charge >= 0.3 is 0 Å². The Morgan fingerprint density at radius 2 is 1.88 bits per heavy atom. The first kappa shape index (κ1) is 29.8. The van der Waals surface area contributed by atoms with Crippen molar-refractivity contribution in [1.82, 2.24) is 0 Å². The summed E-state index contributed by atoms with van der Waals surface area (Å²) in [7, 11) is 4.50. The van der Waals surface area contributed by atoms with Gasteiger partial charge in [-0.15, -0.1) is 11.8 Å². The molecule has 2 nitrogen and oxygen atoms in total.